The Morgan fingerprint density at radius 3 is 2.80 bits per heavy atom. The second kappa shape index (κ2) is 5.52. The number of Topliss-reactive ketones (excluding diaryl/α,β-unsaturated/α-hetero) is 1. The summed E-state index contributed by atoms with van der Waals surface area (Å²) in [4.78, 5) is 15.1. The van der Waals surface area contributed by atoms with Gasteiger partial charge in [-0.05, 0) is 12.5 Å². The van der Waals surface area contributed by atoms with Crippen molar-refractivity contribution in [2.24, 2.45) is 0 Å². The minimum absolute atomic E-state index is 0.348. The smallest absolute Gasteiger partial charge is 0.348 e. The van der Waals surface area contributed by atoms with Gasteiger partial charge in [0.2, 0.25) is 0 Å². The summed E-state index contributed by atoms with van der Waals surface area (Å²) in [5.74, 6) is -1.82. The van der Waals surface area contributed by atoms with Gasteiger partial charge in [-0.1, -0.05) is 6.92 Å². The molecule has 2 aromatic heterocycles. The van der Waals surface area contributed by atoms with Gasteiger partial charge in [0, 0.05) is 30.7 Å². The lowest BCUT2D eigenvalue weighted by atomic mass is 10.2. The molecular weight excluding hydrogens is 271 g/mol. The van der Waals surface area contributed by atoms with Crippen LogP contribution in [0.3, 0.4) is 0 Å². The van der Waals surface area contributed by atoms with Crippen LogP contribution in [-0.4, -0.2) is 26.1 Å². The van der Waals surface area contributed by atoms with Crippen LogP contribution in [0, 0.1) is 0 Å². The highest BCUT2D eigenvalue weighted by atomic mass is 19.4. The first kappa shape index (κ1) is 14.4. The lowest BCUT2D eigenvalue weighted by molar-refractivity contribution is -0.0885. The molecule has 0 N–H and O–H groups in total. The predicted octanol–water partition coefficient (Wildman–Crippen LogP) is 2.89. The number of ketones is 1. The van der Waals surface area contributed by atoms with Gasteiger partial charge in [-0.3, -0.25) is 4.79 Å². The molecule has 7 heteroatoms. The summed E-state index contributed by atoms with van der Waals surface area (Å²) in [6.45, 7) is 3.20. The highest BCUT2D eigenvalue weighted by Gasteiger charge is 2.39. The van der Waals surface area contributed by atoms with Crippen LogP contribution in [0.5, 0.6) is 0 Å². The van der Waals surface area contributed by atoms with E-state index in [2.05, 4.69) is 4.98 Å². The van der Waals surface area contributed by atoms with E-state index in [0.717, 1.165) is 18.7 Å². The summed E-state index contributed by atoms with van der Waals surface area (Å²) in [7, 11) is 0. The average Bonchev–Trinajstić information content (AvgIpc) is 2.98. The van der Waals surface area contributed by atoms with Gasteiger partial charge in [0.1, 0.15) is 0 Å². The normalized spacial score (nSPS) is 11.8. The van der Waals surface area contributed by atoms with E-state index in [-0.39, 0.29) is 5.56 Å². The fourth-order valence-electron chi connectivity index (χ4n) is 1.95. The molecule has 0 fully saturated rings. The molecule has 0 bridgehead atoms. The highest BCUT2D eigenvalue weighted by molar-refractivity contribution is 6.00. The number of carbonyl (C=O) groups excluding carboxylic acids is 1. The Morgan fingerprint density at radius 2 is 2.15 bits per heavy atom. The summed E-state index contributed by atoms with van der Waals surface area (Å²) < 4.78 is 40.4. The fraction of sp³-hybridized carbons (Fsp3) is 0.385. The standard InChI is InChI=1S/C13H14F3N3O/c1-2-4-19-9-17-6-11(19)8-18-5-3-10(7-18)12(20)13(14,15)16/h3,5-7,9H,2,4,8H2,1H3. The number of imidazole rings is 1. The van der Waals surface area contributed by atoms with Crippen molar-refractivity contribution in [1.29, 1.82) is 0 Å². The van der Waals surface area contributed by atoms with Crippen molar-refractivity contribution in [1.82, 2.24) is 14.1 Å². The van der Waals surface area contributed by atoms with Crippen LogP contribution in [0.4, 0.5) is 13.2 Å². The van der Waals surface area contributed by atoms with Gasteiger partial charge in [0.15, 0.2) is 0 Å². The van der Waals surface area contributed by atoms with E-state index in [1.807, 2.05) is 11.5 Å². The van der Waals surface area contributed by atoms with Gasteiger partial charge in [-0.2, -0.15) is 13.2 Å². The first-order valence-electron chi connectivity index (χ1n) is 6.18. The van der Waals surface area contributed by atoms with Crippen LogP contribution in [0.15, 0.2) is 31.0 Å². The lowest BCUT2D eigenvalue weighted by Crippen LogP contribution is -2.22. The third kappa shape index (κ3) is 3.09. The molecule has 0 aliphatic rings. The zero-order valence-corrected chi connectivity index (χ0v) is 10.9. The maximum absolute atomic E-state index is 12.3. The van der Waals surface area contributed by atoms with E-state index in [1.54, 1.807) is 17.1 Å². The monoisotopic (exact) mass is 285 g/mol. The van der Waals surface area contributed by atoms with Crippen LogP contribution in [-0.2, 0) is 13.1 Å². The van der Waals surface area contributed by atoms with Gasteiger partial charge < -0.3 is 9.13 Å². The van der Waals surface area contributed by atoms with Crippen LogP contribution >= 0.6 is 0 Å². The number of aromatic nitrogens is 3. The maximum Gasteiger partial charge on any atom is 0.454 e. The molecule has 0 atom stereocenters. The molecule has 0 aliphatic heterocycles. The minimum atomic E-state index is -4.84. The molecule has 4 nitrogen and oxygen atoms in total. The van der Waals surface area contributed by atoms with E-state index < -0.39 is 12.0 Å². The largest absolute Gasteiger partial charge is 0.454 e. The van der Waals surface area contributed by atoms with E-state index >= 15 is 0 Å². The zero-order valence-electron chi connectivity index (χ0n) is 10.9. The Hall–Kier alpha value is -2.05. The molecule has 0 saturated carbocycles. The first-order chi connectivity index (χ1) is 9.41. The summed E-state index contributed by atoms with van der Waals surface area (Å²) in [5, 5.41) is 0. The predicted molar refractivity (Wildman–Crippen MR) is 66.4 cm³/mol. The van der Waals surface area contributed by atoms with Crippen LogP contribution in [0.2, 0.25) is 0 Å². The molecule has 2 rings (SSSR count). The number of alkyl halides is 3. The second-order valence-corrected chi connectivity index (χ2v) is 4.48. The molecule has 0 amide bonds. The number of hydrogen-bond acceptors (Lipinski definition) is 2. The lowest BCUT2D eigenvalue weighted by Gasteiger charge is -2.07. The number of hydrogen-bond donors (Lipinski definition) is 0. The highest BCUT2D eigenvalue weighted by Crippen LogP contribution is 2.21. The molecule has 2 aromatic rings. The summed E-state index contributed by atoms with van der Waals surface area (Å²) in [6.07, 6.45) is 2.12. The number of nitrogens with zero attached hydrogens (tertiary/aromatic N) is 3. The van der Waals surface area contributed by atoms with Crippen molar-refractivity contribution in [2.45, 2.75) is 32.6 Å². The minimum Gasteiger partial charge on any atom is -0.348 e. The molecule has 0 unspecified atom stereocenters. The quantitative estimate of drug-likeness (QED) is 0.792. The number of carbonyl (C=O) groups is 1. The Labute approximate surface area is 113 Å². The van der Waals surface area contributed by atoms with Crippen molar-refractivity contribution < 1.29 is 18.0 Å². The Bertz CT molecular complexity index is 598. The van der Waals surface area contributed by atoms with Crippen LogP contribution in [0.25, 0.3) is 0 Å². The fourth-order valence-corrected chi connectivity index (χ4v) is 1.95. The zero-order chi connectivity index (χ0) is 14.8. The molecule has 0 radical (unpaired) electrons. The van der Waals surface area contributed by atoms with Gasteiger partial charge in [-0.25, -0.2) is 4.98 Å². The van der Waals surface area contributed by atoms with Crippen molar-refractivity contribution in [3.05, 3.63) is 42.2 Å². The van der Waals surface area contributed by atoms with Crippen molar-refractivity contribution >= 4 is 5.78 Å². The van der Waals surface area contributed by atoms with E-state index in [9.17, 15) is 18.0 Å². The molecule has 108 valence electrons. The molecule has 0 aromatic carbocycles. The Kier molecular flexibility index (Phi) is 3.96. The van der Waals surface area contributed by atoms with E-state index in [1.165, 1.54) is 18.5 Å². The molecule has 0 spiro atoms. The molecule has 20 heavy (non-hydrogen) atoms. The maximum atomic E-state index is 12.3. The number of aryl methyl sites for hydroxylation is 1. The molecular formula is C13H14F3N3O. The van der Waals surface area contributed by atoms with Crippen molar-refractivity contribution in [3.8, 4) is 0 Å². The summed E-state index contributed by atoms with van der Waals surface area (Å²) in [5.41, 5.74) is 0.535. The SMILES string of the molecule is CCCn1cncc1Cn1ccc(C(=O)C(F)(F)F)c1. The average molecular weight is 285 g/mol. The first-order valence-corrected chi connectivity index (χ1v) is 6.18. The van der Waals surface area contributed by atoms with Gasteiger partial charge in [-0.15, -0.1) is 0 Å². The topological polar surface area (TPSA) is 39.8 Å². The second-order valence-electron chi connectivity index (χ2n) is 4.48. The third-order valence-electron chi connectivity index (χ3n) is 2.88. The van der Waals surface area contributed by atoms with Crippen LogP contribution < -0.4 is 0 Å². The Morgan fingerprint density at radius 1 is 1.40 bits per heavy atom. The van der Waals surface area contributed by atoms with Crippen LogP contribution in [0.1, 0.15) is 29.4 Å². The van der Waals surface area contributed by atoms with Crippen molar-refractivity contribution in [2.75, 3.05) is 0 Å². The van der Waals surface area contributed by atoms with Gasteiger partial charge in [0.25, 0.3) is 5.78 Å². The van der Waals surface area contributed by atoms with E-state index in [4.69, 9.17) is 0 Å². The van der Waals surface area contributed by atoms with Gasteiger partial charge >= 0.3 is 6.18 Å². The summed E-state index contributed by atoms with van der Waals surface area (Å²) >= 11 is 0. The number of halogens is 3. The molecule has 0 saturated heterocycles. The Balaban J connectivity index is 2.14. The van der Waals surface area contributed by atoms with Crippen molar-refractivity contribution in [3.63, 3.8) is 0 Å². The summed E-state index contributed by atoms with van der Waals surface area (Å²) in [6, 6.07) is 1.18. The number of rotatable bonds is 5. The molecule has 0 aliphatic carbocycles. The molecule has 2 heterocycles. The third-order valence-corrected chi connectivity index (χ3v) is 2.88. The van der Waals surface area contributed by atoms with Gasteiger partial charge in [0.05, 0.1) is 18.6 Å². The van der Waals surface area contributed by atoms with E-state index in [0.29, 0.717) is 6.54 Å².